The molecule has 2 aromatic carbocycles. The third-order valence-electron chi connectivity index (χ3n) is 3.97. The van der Waals surface area contributed by atoms with Gasteiger partial charge in [0.15, 0.2) is 5.82 Å². The number of nitrogen functional groups attached to an aromatic ring is 1. The van der Waals surface area contributed by atoms with Gasteiger partial charge in [0.25, 0.3) is 0 Å². The molecule has 3 heteroatoms. The average molecular weight is 261 g/mol. The standard InChI is InChI=1S/C17H15N3/c18-16-14-6-3-7-15(14)19-17(20-16)13-9-8-11-4-1-2-5-12(11)10-13/h1-2,4-5,8-10H,3,6-7H2,(H2,18,19,20). The number of aryl methyl sites for hydroxylation is 1. The Bertz CT molecular complexity index is 808. The molecule has 0 amide bonds. The van der Waals surface area contributed by atoms with Crippen LogP contribution in [0.4, 0.5) is 5.82 Å². The fraction of sp³-hybridized carbons (Fsp3) is 0.176. The molecule has 0 spiro atoms. The van der Waals surface area contributed by atoms with E-state index in [-0.39, 0.29) is 0 Å². The van der Waals surface area contributed by atoms with Gasteiger partial charge < -0.3 is 5.73 Å². The lowest BCUT2D eigenvalue weighted by Gasteiger charge is -2.07. The second-order valence-electron chi connectivity index (χ2n) is 5.27. The number of fused-ring (bicyclic) bond motifs is 2. The highest BCUT2D eigenvalue weighted by molar-refractivity contribution is 5.86. The van der Waals surface area contributed by atoms with Crippen LogP contribution in [-0.2, 0) is 12.8 Å². The van der Waals surface area contributed by atoms with Gasteiger partial charge in [-0.1, -0.05) is 36.4 Å². The maximum Gasteiger partial charge on any atom is 0.161 e. The molecular formula is C17H15N3. The van der Waals surface area contributed by atoms with Crippen molar-refractivity contribution in [3.8, 4) is 11.4 Å². The Morgan fingerprint density at radius 2 is 1.75 bits per heavy atom. The molecular weight excluding hydrogens is 246 g/mol. The van der Waals surface area contributed by atoms with E-state index in [4.69, 9.17) is 10.7 Å². The number of nitrogens with zero attached hydrogens (tertiary/aromatic N) is 2. The van der Waals surface area contributed by atoms with Crippen molar-refractivity contribution in [3.05, 3.63) is 53.7 Å². The van der Waals surface area contributed by atoms with Crippen LogP contribution in [0.25, 0.3) is 22.2 Å². The van der Waals surface area contributed by atoms with Crippen LogP contribution in [0.2, 0.25) is 0 Å². The number of aromatic nitrogens is 2. The summed E-state index contributed by atoms with van der Waals surface area (Å²) in [6, 6.07) is 14.6. The van der Waals surface area contributed by atoms with E-state index in [0.717, 1.165) is 41.9 Å². The molecule has 1 aliphatic carbocycles. The maximum absolute atomic E-state index is 6.07. The Balaban J connectivity index is 1.88. The molecule has 0 saturated heterocycles. The van der Waals surface area contributed by atoms with Crippen molar-refractivity contribution in [2.45, 2.75) is 19.3 Å². The van der Waals surface area contributed by atoms with Crippen LogP contribution in [0.15, 0.2) is 42.5 Å². The third kappa shape index (κ3) is 1.74. The molecule has 2 N–H and O–H groups in total. The molecule has 98 valence electrons. The monoisotopic (exact) mass is 261 g/mol. The van der Waals surface area contributed by atoms with Crippen molar-refractivity contribution in [1.82, 2.24) is 9.97 Å². The predicted molar refractivity (Wildman–Crippen MR) is 81.4 cm³/mol. The first-order valence-electron chi connectivity index (χ1n) is 6.96. The molecule has 0 aliphatic heterocycles. The maximum atomic E-state index is 6.07. The normalized spacial score (nSPS) is 13.6. The van der Waals surface area contributed by atoms with E-state index in [0.29, 0.717) is 5.82 Å². The number of anilines is 1. The highest BCUT2D eigenvalue weighted by atomic mass is 15.0. The van der Waals surface area contributed by atoms with Gasteiger partial charge in [0.05, 0.1) is 0 Å². The summed E-state index contributed by atoms with van der Waals surface area (Å²) in [7, 11) is 0. The summed E-state index contributed by atoms with van der Waals surface area (Å²) in [5, 5.41) is 2.43. The first-order chi connectivity index (χ1) is 9.81. The number of nitrogens with two attached hydrogens (primary N) is 1. The lowest BCUT2D eigenvalue weighted by Crippen LogP contribution is -2.02. The lowest BCUT2D eigenvalue weighted by atomic mass is 10.1. The van der Waals surface area contributed by atoms with E-state index in [2.05, 4.69) is 35.3 Å². The zero-order chi connectivity index (χ0) is 13.5. The summed E-state index contributed by atoms with van der Waals surface area (Å²) in [5.74, 6) is 1.39. The van der Waals surface area contributed by atoms with Crippen LogP contribution in [0.5, 0.6) is 0 Å². The van der Waals surface area contributed by atoms with Crippen LogP contribution < -0.4 is 5.73 Å². The molecule has 0 fully saturated rings. The fourth-order valence-electron chi connectivity index (χ4n) is 2.92. The van der Waals surface area contributed by atoms with E-state index < -0.39 is 0 Å². The Morgan fingerprint density at radius 1 is 0.900 bits per heavy atom. The molecule has 4 rings (SSSR count). The Labute approximate surface area is 117 Å². The van der Waals surface area contributed by atoms with Crippen LogP contribution in [0.3, 0.4) is 0 Å². The molecule has 0 radical (unpaired) electrons. The van der Waals surface area contributed by atoms with Crippen molar-refractivity contribution in [2.24, 2.45) is 0 Å². The summed E-state index contributed by atoms with van der Waals surface area (Å²) in [4.78, 5) is 9.19. The quantitative estimate of drug-likeness (QED) is 0.730. The predicted octanol–water partition coefficient (Wildman–Crippen LogP) is 3.37. The van der Waals surface area contributed by atoms with Crippen LogP contribution >= 0.6 is 0 Å². The van der Waals surface area contributed by atoms with Gasteiger partial charge in [-0.15, -0.1) is 0 Å². The van der Waals surface area contributed by atoms with Crippen molar-refractivity contribution in [1.29, 1.82) is 0 Å². The average Bonchev–Trinajstić information content (AvgIpc) is 2.96. The van der Waals surface area contributed by atoms with Crippen LogP contribution in [-0.4, -0.2) is 9.97 Å². The topological polar surface area (TPSA) is 51.8 Å². The number of hydrogen-bond acceptors (Lipinski definition) is 3. The molecule has 3 nitrogen and oxygen atoms in total. The molecule has 0 bridgehead atoms. The first kappa shape index (κ1) is 11.4. The van der Waals surface area contributed by atoms with Gasteiger partial charge in [0.1, 0.15) is 5.82 Å². The Kier molecular flexibility index (Phi) is 2.46. The highest BCUT2D eigenvalue weighted by Crippen LogP contribution is 2.28. The summed E-state index contributed by atoms with van der Waals surface area (Å²) < 4.78 is 0. The van der Waals surface area contributed by atoms with E-state index in [1.54, 1.807) is 0 Å². The minimum atomic E-state index is 0.649. The summed E-state index contributed by atoms with van der Waals surface area (Å²) in [6.45, 7) is 0. The van der Waals surface area contributed by atoms with Gasteiger partial charge >= 0.3 is 0 Å². The van der Waals surface area contributed by atoms with Crippen molar-refractivity contribution < 1.29 is 0 Å². The molecule has 1 aromatic heterocycles. The summed E-state index contributed by atoms with van der Waals surface area (Å²) >= 11 is 0. The van der Waals surface area contributed by atoms with E-state index in [1.165, 1.54) is 10.8 Å². The summed E-state index contributed by atoms with van der Waals surface area (Å²) in [6.07, 6.45) is 3.16. The van der Waals surface area contributed by atoms with E-state index in [9.17, 15) is 0 Å². The first-order valence-corrected chi connectivity index (χ1v) is 6.96. The fourth-order valence-corrected chi connectivity index (χ4v) is 2.92. The largest absolute Gasteiger partial charge is 0.383 e. The highest BCUT2D eigenvalue weighted by Gasteiger charge is 2.18. The molecule has 20 heavy (non-hydrogen) atoms. The van der Waals surface area contributed by atoms with Crippen molar-refractivity contribution >= 4 is 16.6 Å². The van der Waals surface area contributed by atoms with Gasteiger partial charge in [-0.3, -0.25) is 0 Å². The van der Waals surface area contributed by atoms with Crippen LogP contribution in [0, 0.1) is 0 Å². The van der Waals surface area contributed by atoms with Gasteiger partial charge in [-0.05, 0) is 36.1 Å². The van der Waals surface area contributed by atoms with E-state index >= 15 is 0 Å². The lowest BCUT2D eigenvalue weighted by molar-refractivity contribution is 0.900. The van der Waals surface area contributed by atoms with Crippen molar-refractivity contribution in [2.75, 3.05) is 5.73 Å². The third-order valence-corrected chi connectivity index (χ3v) is 3.97. The Morgan fingerprint density at radius 3 is 2.65 bits per heavy atom. The number of benzene rings is 2. The van der Waals surface area contributed by atoms with Crippen LogP contribution in [0.1, 0.15) is 17.7 Å². The van der Waals surface area contributed by atoms with Crippen molar-refractivity contribution in [3.63, 3.8) is 0 Å². The van der Waals surface area contributed by atoms with Gasteiger partial charge in [-0.2, -0.15) is 0 Å². The zero-order valence-electron chi connectivity index (χ0n) is 11.1. The van der Waals surface area contributed by atoms with E-state index in [1.807, 2.05) is 12.1 Å². The van der Waals surface area contributed by atoms with Gasteiger partial charge in [0.2, 0.25) is 0 Å². The molecule has 0 atom stereocenters. The molecule has 1 heterocycles. The van der Waals surface area contributed by atoms with Gasteiger partial charge in [0, 0.05) is 16.8 Å². The van der Waals surface area contributed by atoms with Gasteiger partial charge in [-0.25, -0.2) is 9.97 Å². The Hall–Kier alpha value is -2.42. The number of rotatable bonds is 1. The minimum absolute atomic E-state index is 0.649. The molecule has 0 saturated carbocycles. The summed E-state index contributed by atoms with van der Waals surface area (Å²) in [5.41, 5.74) is 9.38. The zero-order valence-corrected chi connectivity index (χ0v) is 11.1. The molecule has 1 aliphatic rings. The smallest absolute Gasteiger partial charge is 0.161 e. The number of hydrogen-bond donors (Lipinski definition) is 1. The second kappa shape index (κ2) is 4.30. The minimum Gasteiger partial charge on any atom is -0.383 e. The second-order valence-corrected chi connectivity index (χ2v) is 5.27. The molecule has 3 aromatic rings. The SMILES string of the molecule is Nc1nc(-c2ccc3ccccc3c2)nc2c1CCC2. The molecule has 0 unspecified atom stereocenters.